The molecule has 0 spiro atoms. The maximum absolute atomic E-state index is 11.2. The van der Waals surface area contributed by atoms with Crippen LogP contribution in [0.2, 0.25) is 0 Å². The molecule has 0 radical (unpaired) electrons. The smallest absolute Gasteiger partial charge is 0.440 e. The number of carbonyl (C=O) groups is 1. The Bertz CT molecular complexity index is 231. The number of unbranched alkanes of at least 4 members (excludes halogenated alkanes) is 2. The van der Waals surface area contributed by atoms with Gasteiger partial charge in [-0.1, -0.05) is 40.5 Å². The van der Waals surface area contributed by atoms with E-state index >= 15 is 0 Å². The number of carbonyl (C=O) groups excluding carboxylic acids is 1. The van der Waals surface area contributed by atoms with Gasteiger partial charge in [-0.25, -0.2) is 4.79 Å². The molecule has 94 valence electrons. The van der Waals surface area contributed by atoms with E-state index in [9.17, 15) is 4.79 Å². The molecule has 1 atom stereocenters. The average molecular weight is 245 g/mol. The van der Waals surface area contributed by atoms with E-state index in [2.05, 4.69) is 37.6 Å². The first-order valence-corrected chi connectivity index (χ1v) is 6.45. The van der Waals surface area contributed by atoms with Crippen molar-refractivity contribution in [3.8, 4) is 0 Å². The van der Waals surface area contributed by atoms with E-state index in [1.165, 1.54) is 0 Å². The van der Waals surface area contributed by atoms with Gasteiger partial charge in [-0.05, 0) is 25.2 Å². The predicted octanol–water partition coefficient (Wildman–Crippen LogP) is 4.24. The SMILES string of the molecule is CCCCCC(CC)(OC(=O)N=S)C(C)C. The summed E-state index contributed by atoms with van der Waals surface area (Å²) >= 11 is 4.36. The Morgan fingerprint density at radius 2 is 2.00 bits per heavy atom. The van der Waals surface area contributed by atoms with E-state index in [-0.39, 0.29) is 5.92 Å². The quantitative estimate of drug-likeness (QED) is 0.630. The molecular formula is C12H23NO2S. The molecule has 0 aromatic rings. The maximum atomic E-state index is 11.2. The highest BCUT2D eigenvalue weighted by atomic mass is 32.1. The third-order valence-corrected chi connectivity index (χ3v) is 3.37. The zero-order valence-electron chi connectivity index (χ0n) is 10.8. The summed E-state index contributed by atoms with van der Waals surface area (Å²) in [6.07, 6.45) is 4.49. The van der Waals surface area contributed by atoms with E-state index in [0.717, 1.165) is 32.1 Å². The molecule has 0 N–H and O–H groups in total. The van der Waals surface area contributed by atoms with Crippen LogP contribution in [0.15, 0.2) is 4.36 Å². The Balaban J connectivity index is 4.57. The summed E-state index contributed by atoms with van der Waals surface area (Å²) in [6, 6.07) is 0. The van der Waals surface area contributed by atoms with Crippen molar-refractivity contribution in [1.29, 1.82) is 0 Å². The Kier molecular flexibility index (Phi) is 7.47. The van der Waals surface area contributed by atoms with Crippen LogP contribution in [-0.2, 0) is 17.2 Å². The largest absolute Gasteiger partial charge is 0.445 e. The highest BCUT2D eigenvalue weighted by molar-refractivity contribution is 7.47. The first-order valence-electron chi connectivity index (χ1n) is 6.08. The standard InChI is InChI=1S/C12H23NO2S/c1-5-7-8-9-12(6-2,10(3)4)15-11(14)13-16/h10H,5-9H2,1-4H3. The molecule has 0 rings (SSSR count). The van der Waals surface area contributed by atoms with E-state index < -0.39 is 11.7 Å². The molecule has 0 bridgehead atoms. The first-order chi connectivity index (χ1) is 7.52. The van der Waals surface area contributed by atoms with Gasteiger partial charge in [-0.15, -0.1) is 4.36 Å². The minimum atomic E-state index is -0.623. The molecule has 0 fully saturated rings. The highest BCUT2D eigenvalue weighted by Crippen LogP contribution is 2.32. The molecule has 0 saturated heterocycles. The van der Waals surface area contributed by atoms with Crippen LogP contribution < -0.4 is 0 Å². The molecule has 3 nitrogen and oxygen atoms in total. The summed E-state index contributed by atoms with van der Waals surface area (Å²) < 4.78 is 8.59. The van der Waals surface area contributed by atoms with Crippen molar-refractivity contribution in [2.75, 3.05) is 0 Å². The molecule has 0 aromatic carbocycles. The van der Waals surface area contributed by atoms with Crippen molar-refractivity contribution in [3.05, 3.63) is 0 Å². The number of hydrogen-bond acceptors (Lipinski definition) is 3. The van der Waals surface area contributed by atoms with Crippen molar-refractivity contribution >= 4 is 18.5 Å². The van der Waals surface area contributed by atoms with Crippen LogP contribution in [0.1, 0.15) is 59.8 Å². The lowest BCUT2D eigenvalue weighted by Gasteiger charge is -2.35. The molecule has 0 aliphatic heterocycles. The summed E-state index contributed by atoms with van der Waals surface area (Å²) in [5.74, 6) is 0.287. The number of rotatable bonds is 7. The van der Waals surface area contributed by atoms with Gasteiger partial charge >= 0.3 is 6.09 Å². The number of hydrogen-bond donors (Lipinski definition) is 0. The number of amides is 1. The molecule has 0 aliphatic carbocycles. The zero-order chi connectivity index (χ0) is 12.6. The fraction of sp³-hybridized carbons (Fsp3) is 0.917. The molecule has 4 heteroatoms. The average Bonchev–Trinajstić information content (AvgIpc) is 2.27. The maximum Gasteiger partial charge on any atom is 0.445 e. The van der Waals surface area contributed by atoms with Gasteiger partial charge < -0.3 is 4.74 Å². The molecule has 1 unspecified atom stereocenters. The zero-order valence-corrected chi connectivity index (χ0v) is 11.6. The summed E-state index contributed by atoms with van der Waals surface area (Å²) in [7, 11) is 0. The van der Waals surface area contributed by atoms with Crippen LogP contribution in [0.25, 0.3) is 0 Å². The second-order valence-corrected chi connectivity index (χ2v) is 4.67. The molecule has 0 aromatic heterocycles. The third kappa shape index (κ3) is 4.56. The molecule has 0 aliphatic rings. The second-order valence-electron chi connectivity index (χ2n) is 4.49. The van der Waals surface area contributed by atoms with Crippen molar-refractivity contribution in [1.82, 2.24) is 0 Å². The van der Waals surface area contributed by atoms with Crippen molar-refractivity contribution in [2.24, 2.45) is 10.3 Å². The lowest BCUT2D eigenvalue weighted by Crippen LogP contribution is -2.39. The van der Waals surface area contributed by atoms with Crippen molar-refractivity contribution in [2.45, 2.75) is 65.4 Å². The fourth-order valence-electron chi connectivity index (χ4n) is 1.98. The van der Waals surface area contributed by atoms with Crippen LogP contribution in [-0.4, -0.2) is 11.7 Å². The van der Waals surface area contributed by atoms with Gasteiger partial charge in [-0.2, -0.15) is 0 Å². The molecule has 16 heavy (non-hydrogen) atoms. The minimum absolute atomic E-state index is 0.287. The van der Waals surface area contributed by atoms with Gasteiger partial charge in [0.1, 0.15) is 5.60 Å². The van der Waals surface area contributed by atoms with Gasteiger partial charge in [0.2, 0.25) is 0 Å². The molecule has 1 amide bonds. The van der Waals surface area contributed by atoms with Gasteiger partial charge in [0.15, 0.2) is 0 Å². The molecule has 0 heterocycles. The Morgan fingerprint density at radius 3 is 2.38 bits per heavy atom. The van der Waals surface area contributed by atoms with Crippen LogP contribution >= 0.6 is 0 Å². The number of ether oxygens (including phenoxy) is 1. The van der Waals surface area contributed by atoms with Crippen LogP contribution in [0.4, 0.5) is 4.79 Å². The lowest BCUT2D eigenvalue weighted by molar-refractivity contribution is -0.0306. The van der Waals surface area contributed by atoms with Crippen LogP contribution in [0, 0.1) is 5.92 Å². The summed E-state index contributed by atoms with van der Waals surface area (Å²) in [6.45, 7) is 8.36. The van der Waals surface area contributed by atoms with Gasteiger partial charge in [0.25, 0.3) is 0 Å². The summed E-state index contributed by atoms with van der Waals surface area (Å²) in [5, 5.41) is 0. The predicted molar refractivity (Wildman–Crippen MR) is 68.3 cm³/mol. The van der Waals surface area contributed by atoms with E-state index in [1.54, 1.807) is 0 Å². The normalized spacial score (nSPS) is 14.6. The molecule has 0 saturated carbocycles. The summed E-state index contributed by atoms with van der Waals surface area (Å²) in [5.41, 5.74) is -0.394. The molecular weight excluding hydrogens is 222 g/mol. The second kappa shape index (κ2) is 7.71. The topological polar surface area (TPSA) is 38.7 Å². The van der Waals surface area contributed by atoms with Crippen LogP contribution in [0.5, 0.6) is 0 Å². The van der Waals surface area contributed by atoms with Crippen LogP contribution in [0.3, 0.4) is 0 Å². The van der Waals surface area contributed by atoms with E-state index in [0.29, 0.717) is 0 Å². The Hall–Kier alpha value is -0.510. The van der Waals surface area contributed by atoms with Gasteiger partial charge in [-0.3, -0.25) is 0 Å². The van der Waals surface area contributed by atoms with Gasteiger partial charge in [0, 0.05) is 12.4 Å². The Morgan fingerprint density at radius 1 is 1.38 bits per heavy atom. The lowest BCUT2D eigenvalue weighted by atomic mass is 9.83. The highest BCUT2D eigenvalue weighted by Gasteiger charge is 2.35. The van der Waals surface area contributed by atoms with Crippen molar-refractivity contribution < 1.29 is 9.53 Å². The van der Waals surface area contributed by atoms with Gasteiger partial charge in [0.05, 0.1) is 0 Å². The fourth-order valence-corrected chi connectivity index (χ4v) is 2.02. The van der Waals surface area contributed by atoms with E-state index in [4.69, 9.17) is 4.74 Å². The Labute approximate surface area is 104 Å². The number of nitrogens with zero attached hydrogens (tertiary/aromatic N) is 1. The monoisotopic (exact) mass is 245 g/mol. The minimum Gasteiger partial charge on any atom is -0.440 e. The van der Waals surface area contributed by atoms with Crippen molar-refractivity contribution in [3.63, 3.8) is 0 Å². The third-order valence-electron chi connectivity index (χ3n) is 3.22. The first kappa shape index (κ1) is 15.5. The summed E-state index contributed by atoms with van der Waals surface area (Å²) in [4.78, 5) is 11.2. The van der Waals surface area contributed by atoms with E-state index in [1.807, 2.05) is 6.92 Å².